The van der Waals surface area contributed by atoms with E-state index >= 15 is 0 Å². The minimum atomic E-state index is -1.14. The molecule has 12 nitrogen and oxygen atoms in total. The maximum absolute atomic E-state index is 14.5. The van der Waals surface area contributed by atoms with Gasteiger partial charge < -0.3 is 30.7 Å². The number of rotatable bonds is 13. The first-order valence-corrected chi connectivity index (χ1v) is 17.0. The van der Waals surface area contributed by atoms with Crippen LogP contribution in [0.4, 0.5) is 21.0 Å². The molecular formula is C38H45N5O7. The molecule has 1 aliphatic heterocycles. The summed E-state index contributed by atoms with van der Waals surface area (Å²) in [7, 11) is 1.52. The highest BCUT2D eigenvalue weighted by Gasteiger charge is 2.59. The number of nitrogens with zero attached hydrogens (tertiary/aromatic N) is 2. The topological polar surface area (TPSA) is 157 Å². The van der Waals surface area contributed by atoms with Crippen molar-refractivity contribution in [2.75, 3.05) is 17.7 Å². The van der Waals surface area contributed by atoms with Crippen molar-refractivity contribution in [2.45, 2.75) is 83.0 Å². The van der Waals surface area contributed by atoms with Crippen LogP contribution in [0.1, 0.15) is 76.0 Å². The van der Waals surface area contributed by atoms with E-state index in [9.17, 15) is 29.1 Å². The van der Waals surface area contributed by atoms with Crippen molar-refractivity contribution in [2.24, 2.45) is 5.92 Å². The molecule has 12 heteroatoms. The van der Waals surface area contributed by atoms with Crippen LogP contribution in [0.25, 0.3) is 0 Å². The lowest BCUT2D eigenvalue weighted by molar-refractivity contribution is -0.142. The fraction of sp³-hybridized carbons (Fsp3) is 0.395. The summed E-state index contributed by atoms with van der Waals surface area (Å²) >= 11 is 0. The lowest BCUT2D eigenvalue weighted by atomic mass is 9.80. The quantitative estimate of drug-likeness (QED) is 0.149. The van der Waals surface area contributed by atoms with Crippen molar-refractivity contribution in [3.63, 3.8) is 0 Å². The van der Waals surface area contributed by atoms with Crippen LogP contribution in [-0.2, 0) is 20.9 Å². The number of aliphatic carboxylic acids is 1. The van der Waals surface area contributed by atoms with Gasteiger partial charge in [-0.1, -0.05) is 75.6 Å². The zero-order valence-electron chi connectivity index (χ0n) is 28.7. The van der Waals surface area contributed by atoms with Crippen LogP contribution in [0.2, 0.25) is 0 Å². The van der Waals surface area contributed by atoms with E-state index in [0.717, 1.165) is 29.7 Å². The van der Waals surface area contributed by atoms with Crippen LogP contribution in [-0.4, -0.2) is 63.4 Å². The molecule has 264 valence electrons. The van der Waals surface area contributed by atoms with Crippen molar-refractivity contribution < 1.29 is 33.8 Å². The van der Waals surface area contributed by atoms with Gasteiger partial charge in [0, 0.05) is 17.9 Å². The third-order valence-electron chi connectivity index (χ3n) is 9.36. The largest absolute Gasteiger partial charge is 0.497 e. The third kappa shape index (κ3) is 8.24. The fourth-order valence-electron chi connectivity index (χ4n) is 6.85. The Bertz CT molecular complexity index is 1670. The summed E-state index contributed by atoms with van der Waals surface area (Å²) in [5.74, 6) is -1.55. The number of amides is 6. The van der Waals surface area contributed by atoms with Gasteiger partial charge in [-0.3, -0.25) is 14.4 Å². The van der Waals surface area contributed by atoms with Gasteiger partial charge in [0.25, 0.3) is 5.91 Å². The summed E-state index contributed by atoms with van der Waals surface area (Å²) in [6, 6.07) is 19.9. The van der Waals surface area contributed by atoms with E-state index in [4.69, 9.17) is 4.74 Å². The molecule has 0 aromatic heterocycles. The number of ether oxygens (including phenoxy) is 1. The summed E-state index contributed by atoms with van der Waals surface area (Å²) in [6.45, 7) is 3.96. The zero-order valence-corrected chi connectivity index (χ0v) is 28.7. The van der Waals surface area contributed by atoms with Crippen molar-refractivity contribution in [1.29, 1.82) is 0 Å². The highest BCUT2D eigenvalue weighted by molar-refractivity contribution is 6.10. The molecule has 0 bridgehead atoms. The van der Waals surface area contributed by atoms with E-state index in [1.807, 2.05) is 32.0 Å². The van der Waals surface area contributed by atoms with Gasteiger partial charge in [0.15, 0.2) is 0 Å². The molecule has 6 amide bonds. The zero-order chi connectivity index (χ0) is 35.8. The number of benzene rings is 3. The second kappa shape index (κ2) is 15.9. The Labute approximate surface area is 292 Å². The van der Waals surface area contributed by atoms with Gasteiger partial charge in [0.2, 0.25) is 5.91 Å². The molecule has 1 aliphatic carbocycles. The van der Waals surface area contributed by atoms with E-state index in [2.05, 4.69) is 16.0 Å². The minimum Gasteiger partial charge on any atom is -0.497 e. The molecule has 2 aliphatic rings. The van der Waals surface area contributed by atoms with Gasteiger partial charge in [-0.2, -0.15) is 0 Å². The predicted molar refractivity (Wildman–Crippen MR) is 188 cm³/mol. The average Bonchev–Trinajstić information content (AvgIpc) is 3.28. The number of urea groups is 2. The number of hydrogen-bond donors (Lipinski definition) is 4. The van der Waals surface area contributed by atoms with Crippen LogP contribution in [0, 0.1) is 5.92 Å². The van der Waals surface area contributed by atoms with Crippen molar-refractivity contribution >= 4 is 41.2 Å². The standard InChI is InChI=1S/C38H45N5O7/c1-25(2)22-32(34(46)41-31(23-33(44)45)27-14-18-30(50-3)19-15-27)43-35(47)38(20-8-5-9-21-38)42(37(43)49)24-26-12-16-29(17-13-26)40-36(48)39-28-10-6-4-7-11-28/h4,6-7,10-19,25,31-32H,5,8-9,20-24H2,1-3H3,(H,41,46)(H,44,45)(H2,39,40,48)/t31-,32-/m0/s1. The second-order valence-corrected chi connectivity index (χ2v) is 13.4. The summed E-state index contributed by atoms with van der Waals surface area (Å²) in [5, 5.41) is 18.1. The van der Waals surface area contributed by atoms with Gasteiger partial charge in [0.1, 0.15) is 17.3 Å². The van der Waals surface area contributed by atoms with E-state index in [1.54, 1.807) is 65.6 Å². The summed E-state index contributed by atoms with van der Waals surface area (Å²) in [4.78, 5) is 70.0. The summed E-state index contributed by atoms with van der Waals surface area (Å²) in [5.41, 5.74) is 1.45. The number of hydrogen-bond acceptors (Lipinski definition) is 6. The maximum Gasteiger partial charge on any atom is 0.328 e. The number of carbonyl (C=O) groups excluding carboxylic acids is 4. The Morgan fingerprint density at radius 3 is 2.06 bits per heavy atom. The molecule has 3 aromatic carbocycles. The molecule has 50 heavy (non-hydrogen) atoms. The number of methoxy groups -OCH3 is 1. The van der Waals surface area contributed by atoms with Crippen LogP contribution in [0.15, 0.2) is 78.9 Å². The Morgan fingerprint density at radius 1 is 0.860 bits per heavy atom. The first-order chi connectivity index (χ1) is 24.0. The van der Waals surface area contributed by atoms with Crippen molar-refractivity contribution in [1.82, 2.24) is 15.1 Å². The highest BCUT2D eigenvalue weighted by Crippen LogP contribution is 2.43. The summed E-state index contributed by atoms with van der Waals surface area (Å²) in [6.07, 6.45) is 3.26. The normalized spacial score (nSPS) is 16.6. The van der Waals surface area contributed by atoms with E-state index in [1.165, 1.54) is 7.11 Å². The van der Waals surface area contributed by atoms with Crippen LogP contribution in [0.5, 0.6) is 5.75 Å². The number of imide groups is 1. The SMILES string of the molecule is COc1ccc([C@H](CC(=O)O)NC(=O)[C@H](CC(C)C)N2C(=O)N(Cc3ccc(NC(=O)Nc4ccccc4)cc3)C3(CCCCC3)C2=O)cc1. The number of nitrogens with one attached hydrogen (secondary N) is 3. The smallest absolute Gasteiger partial charge is 0.328 e. The Balaban J connectivity index is 1.37. The molecule has 1 saturated carbocycles. The molecular weight excluding hydrogens is 638 g/mol. The first-order valence-electron chi connectivity index (χ1n) is 17.0. The number of para-hydroxylation sites is 1. The molecule has 2 fully saturated rings. The number of carboxylic acid groups (broad SMARTS) is 1. The van der Waals surface area contributed by atoms with Gasteiger partial charge in [-0.05, 0) is 72.7 Å². The molecule has 4 N–H and O–H groups in total. The lowest BCUT2D eigenvalue weighted by Gasteiger charge is -2.38. The lowest BCUT2D eigenvalue weighted by Crippen LogP contribution is -2.53. The molecule has 5 rings (SSSR count). The molecule has 2 atom stereocenters. The Hall–Kier alpha value is -5.39. The van der Waals surface area contributed by atoms with Crippen LogP contribution >= 0.6 is 0 Å². The van der Waals surface area contributed by atoms with Crippen molar-refractivity contribution in [3.8, 4) is 5.75 Å². The van der Waals surface area contributed by atoms with E-state index in [0.29, 0.717) is 35.5 Å². The highest BCUT2D eigenvalue weighted by atomic mass is 16.5. The van der Waals surface area contributed by atoms with Gasteiger partial charge in [0.05, 0.1) is 19.6 Å². The number of anilines is 2. The van der Waals surface area contributed by atoms with Gasteiger partial charge in [-0.25, -0.2) is 14.5 Å². The van der Waals surface area contributed by atoms with Gasteiger partial charge >= 0.3 is 18.0 Å². The monoisotopic (exact) mass is 683 g/mol. The minimum absolute atomic E-state index is 0.0549. The average molecular weight is 684 g/mol. The predicted octanol–water partition coefficient (Wildman–Crippen LogP) is 6.55. The molecule has 0 unspecified atom stereocenters. The Kier molecular flexibility index (Phi) is 11.4. The Morgan fingerprint density at radius 2 is 1.48 bits per heavy atom. The van der Waals surface area contributed by atoms with Gasteiger partial charge in [-0.15, -0.1) is 0 Å². The molecule has 3 aromatic rings. The number of carbonyl (C=O) groups is 5. The van der Waals surface area contributed by atoms with Crippen molar-refractivity contribution in [3.05, 3.63) is 90.0 Å². The third-order valence-corrected chi connectivity index (χ3v) is 9.36. The fourth-order valence-corrected chi connectivity index (χ4v) is 6.85. The summed E-state index contributed by atoms with van der Waals surface area (Å²) < 4.78 is 5.22. The van der Waals surface area contributed by atoms with E-state index < -0.39 is 47.5 Å². The second-order valence-electron chi connectivity index (χ2n) is 13.4. The molecule has 1 heterocycles. The van der Waals surface area contributed by atoms with Crippen LogP contribution < -0.4 is 20.7 Å². The molecule has 0 radical (unpaired) electrons. The molecule has 1 saturated heterocycles. The van der Waals surface area contributed by atoms with Crippen LogP contribution in [0.3, 0.4) is 0 Å². The number of carboxylic acids is 1. The maximum atomic E-state index is 14.5. The van der Waals surface area contributed by atoms with E-state index in [-0.39, 0.29) is 25.3 Å². The molecule has 1 spiro atoms. The first kappa shape index (κ1) is 35.9.